The molecule has 114 valence electrons. The molecule has 1 amide bonds. The van der Waals surface area contributed by atoms with Crippen LogP contribution < -0.4 is 5.32 Å². The second-order valence-corrected chi connectivity index (χ2v) is 7.17. The monoisotopic (exact) mass is 280 g/mol. The summed E-state index contributed by atoms with van der Waals surface area (Å²) in [7, 11) is 0. The van der Waals surface area contributed by atoms with Crippen LogP contribution in [0.5, 0.6) is 0 Å². The van der Waals surface area contributed by atoms with Crippen molar-refractivity contribution in [3.05, 3.63) is 0 Å². The van der Waals surface area contributed by atoms with Crippen LogP contribution in [0.15, 0.2) is 0 Å². The Labute approximate surface area is 122 Å². The summed E-state index contributed by atoms with van der Waals surface area (Å²) in [5, 5.41) is 3.69. The highest BCUT2D eigenvalue weighted by Gasteiger charge is 2.52. The lowest BCUT2D eigenvalue weighted by Crippen LogP contribution is -2.45. The summed E-state index contributed by atoms with van der Waals surface area (Å²) < 4.78 is 5.75. The molecule has 4 heteroatoms. The van der Waals surface area contributed by atoms with Gasteiger partial charge in [-0.05, 0) is 38.0 Å². The fourth-order valence-electron chi connectivity index (χ4n) is 4.06. The van der Waals surface area contributed by atoms with Crippen molar-refractivity contribution in [1.29, 1.82) is 0 Å². The first kappa shape index (κ1) is 14.3. The molecule has 3 rings (SSSR count). The molecule has 0 aromatic carbocycles. The van der Waals surface area contributed by atoms with E-state index >= 15 is 0 Å². The molecule has 2 saturated heterocycles. The van der Waals surface area contributed by atoms with Crippen LogP contribution in [0.3, 0.4) is 0 Å². The van der Waals surface area contributed by atoms with Crippen LogP contribution in [-0.4, -0.2) is 41.8 Å². The molecule has 20 heavy (non-hydrogen) atoms. The highest BCUT2D eigenvalue weighted by atomic mass is 16.5. The van der Waals surface area contributed by atoms with Gasteiger partial charge in [-0.1, -0.05) is 26.7 Å². The molecule has 0 bridgehead atoms. The van der Waals surface area contributed by atoms with Crippen molar-refractivity contribution in [2.45, 2.75) is 76.6 Å². The van der Waals surface area contributed by atoms with Gasteiger partial charge < -0.3 is 9.64 Å². The summed E-state index contributed by atoms with van der Waals surface area (Å²) in [6.45, 7) is 6.11. The number of nitrogens with one attached hydrogen (secondary N) is 1. The van der Waals surface area contributed by atoms with Gasteiger partial charge in [0.15, 0.2) is 0 Å². The van der Waals surface area contributed by atoms with Gasteiger partial charge in [-0.25, -0.2) is 0 Å². The van der Waals surface area contributed by atoms with Crippen LogP contribution in [-0.2, 0) is 9.53 Å². The highest BCUT2D eigenvalue weighted by Crippen LogP contribution is 2.38. The minimum atomic E-state index is -0.238. The number of amides is 1. The zero-order valence-electron chi connectivity index (χ0n) is 12.9. The Morgan fingerprint density at radius 3 is 2.70 bits per heavy atom. The van der Waals surface area contributed by atoms with Gasteiger partial charge in [0.05, 0.1) is 17.8 Å². The minimum Gasteiger partial charge on any atom is -0.376 e. The van der Waals surface area contributed by atoms with E-state index < -0.39 is 0 Å². The van der Waals surface area contributed by atoms with Crippen molar-refractivity contribution >= 4 is 5.91 Å². The van der Waals surface area contributed by atoms with Crippen molar-refractivity contribution in [1.82, 2.24) is 10.2 Å². The lowest BCUT2D eigenvalue weighted by atomic mass is 9.98. The molecule has 1 spiro atoms. The van der Waals surface area contributed by atoms with Gasteiger partial charge in [-0.3, -0.25) is 10.1 Å². The molecule has 1 N–H and O–H groups in total. The van der Waals surface area contributed by atoms with E-state index in [2.05, 4.69) is 24.1 Å². The van der Waals surface area contributed by atoms with E-state index in [9.17, 15) is 4.79 Å². The molecule has 1 saturated carbocycles. The highest BCUT2D eigenvalue weighted by molar-refractivity contribution is 5.89. The maximum atomic E-state index is 12.9. The lowest BCUT2D eigenvalue weighted by Gasteiger charge is -2.27. The molecule has 2 unspecified atom stereocenters. The number of hydrogen-bond acceptors (Lipinski definition) is 3. The maximum absolute atomic E-state index is 12.9. The van der Waals surface area contributed by atoms with Gasteiger partial charge in [0.1, 0.15) is 0 Å². The first-order chi connectivity index (χ1) is 9.61. The van der Waals surface area contributed by atoms with Gasteiger partial charge in [0.2, 0.25) is 5.91 Å². The third kappa shape index (κ3) is 2.60. The zero-order valence-corrected chi connectivity index (χ0v) is 12.9. The van der Waals surface area contributed by atoms with E-state index in [4.69, 9.17) is 4.74 Å². The van der Waals surface area contributed by atoms with Crippen LogP contribution >= 0.6 is 0 Å². The molecule has 2 atom stereocenters. The number of rotatable bonds is 4. The predicted octanol–water partition coefficient (Wildman–Crippen LogP) is 2.28. The van der Waals surface area contributed by atoms with Crippen molar-refractivity contribution in [3.8, 4) is 0 Å². The average molecular weight is 280 g/mol. The maximum Gasteiger partial charge on any atom is 0.244 e. The van der Waals surface area contributed by atoms with Crippen molar-refractivity contribution in [3.63, 3.8) is 0 Å². The molecule has 4 nitrogen and oxygen atoms in total. The molecule has 0 aromatic rings. The fourth-order valence-corrected chi connectivity index (χ4v) is 4.06. The fraction of sp³-hybridized carbons (Fsp3) is 0.938. The predicted molar refractivity (Wildman–Crippen MR) is 78.3 cm³/mol. The van der Waals surface area contributed by atoms with Crippen molar-refractivity contribution in [2.75, 3.05) is 13.2 Å². The van der Waals surface area contributed by atoms with E-state index in [1.165, 1.54) is 12.8 Å². The van der Waals surface area contributed by atoms with Crippen LogP contribution in [0.2, 0.25) is 0 Å². The molecule has 3 fully saturated rings. The SMILES string of the molecule is CC(C)CC1NC2(CCCC2)C(=O)N1CC1CCCO1. The molecule has 0 radical (unpaired) electrons. The molecule has 1 aliphatic carbocycles. The van der Waals surface area contributed by atoms with Gasteiger partial charge >= 0.3 is 0 Å². The molecular formula is C16H28N2O2. The first-order valence-electron chi connectivity index (χ1n) is 8.31. The van der Waals surface area contributed by atoms with E-state index in [1.54, 1.807) is 0 Å². The smallest absolute Gasteiger partial charge is 0.244 e. The normalized spacial score (nSPS) is 33.0. The second kappa shape index (κ2) is 5.64. The Kier molecular flexibility index (Phi) is 4.04. The first-order valence-corrected chi connectivity index (χ1v) is 8.31. The molecular weight excluding hydrogens is 252 g/mol. The van der Waals surface area contributed by atoms with Crippen molar-refractivity contribution in [2.24, 2.45) is 5.92 Å². The number of carbonyl (C=O) groups is 1. The average Bonchev–Trinajstić information content (AvgIpc) is 3.09. The second-order valence-electron chi connectivity index (χ2n) is 7.17. The third-order valence-corrected chi connectivity index (χ3v) is 5.07. The standard InChI is InChI=1S/C16H28N2O2/c1-12(2)10-14-17-16(7-3-4-8-16)15(19)18(14)11-13-6-5-9-20-13/h12-14,17H,3-11H2,1-2H3. The summed E-state index contributed by atoms with van der Waals surface area (Å²) in [5.74, 6) is 0.944. The topological polar surface area (TPSA) is 41.6 Å². The third-order valence-electron chi connectivity index (χ3n) is 5.07. The van der Waals surface area contributed by atoms with E-state index in [0.717, 1.165) is 45.3 Å². The summed E-state index contributed by atoms with van der Waals surface area (Å²) >= 11 is 0. The number of ether oxygens (including phenoxy) is 1. The summed E-state index contributed by atoms with van der Waals surface area (Å²) in [4.78, 5) is 15.0. The van der Waals surface area contributed by atoms with E-state index in [1.807, 2.05) is 0 Å². The van der Waals surface area contributed by atoms with E-state index in [0.29, 0.717) is 11.8 Å². The van der Waals surface area contributed by atoms with Crippen molar-refractivity contribution < 1.29 is 9.53 Å². The number of hydrogen-bond donors (Lipinski definition) is 1. The van der Waals surface area contributed by atoms with Crippen LogP contribution in [0.1, 0.15) is 58.8 Å². The zero-order chi connectivity index (χ0) is 14.2. The summed E-state index contributed by atoms with van der Waals surface area (Å²) in [6.07, 6.45) is 8.15. The molecule has 2 aliphatic heterocycles. The Balaban J connectivity index is 1.73. The van der Waals surface area contributed by atoms with Gasteiger partial charge in [-0.15, -0.1) is 0 Å². The van der Waals surface area contributed by atoms with Crippen LogP contribution in [0.25, 0.3) is 0 Å². The van der Waals surface area contributed by atoms with Gasteiger partial charge in [0, 0.05) is 13.2 Å². The largest absolute Gasteiger partial charge is 0.376 e. The Bertz CT molecular complexity index is 357. The van der Waals surface area contributed by atoms with Gasteiger partial charge in [0.25, 0.3) is 0 Å². The van der Waals surface area contributed by atoms with Crippen LogP contribution in [0.4, 0.5) is 0 Å². The molecule has 0 aromatic heterocycles. The quantitative estimate of drug-likeness (QED) is 0.859. The summed E-state index contributed by atoms with van der Waals surface area (Å²) in [6, 6.07) is 0. The lowest BCUT2D eigenvalue weighted by molar-refractivity contribution is -0.134. The van der Waals surface area contributed by atoms with Crippen LogP contribution in [0, 0.1) is 5.92 Å². The Morgan fingerprint density at radius 2 is 2.10 bits per heavy atom. The van der Waals surface area contributed by atoms with Gasteiger partial charge in [-0.2, -0.15) is 0 Å². The molecule has 3 aliphatic rings. The van der Waals surface area contributed by atoms with E-state index in [-0.39, 0.29) is 17.8 Å². The number of carbonyl (C=O) groups excluding carboxylic acids is 1. The minimum absolute atomic E-state index is 0.213. The Morgan fingerprint density at radius 1 is 1.35 bits per heavy atom. The molecule has 2 heterocycles. The summed E-state index contributed by atoms with van der Waals surface area (Å²) in [5.41, 5.74) is -0.238. The Hall–Kier alpha value is -0.610. The number of nitrogens with zero attached hydrogens (tertiary/aromatic N) is 1.